The van der Waals surface area contributed by atoms with E-state index >= 15 is 0 Å². The van der Waals surface area contributed by atoms with Gasteiger partial charge in [-0.05, 0) is 42.8 Å². The Balaban J connectivity index is 2.01. The van der Waals surface area contributed by atoms with E-state index < -0.39 is 34.2 Å². The molecule has 0 spiro atoms. The van der Waals surface area contributed by atoms with E-state index in [9.17, 15) is 23.9 Å². The van der Waals surface area contributed by atoms with Gasteiger partial charge in [0.2, 0.25) is 5.78 Å². The highest BCUT2D eigenvalue weighted by Crippen LogP contribution is 2.24. The summed E-state index contributed by atoms with van der Waals surface area (Å²) >= 11 is 0. The van der Waals surface area contributed by atoms with Gasteiger partial charge in [0.1, 0.15) is 22.6 Å². The first-order valence-corrected chi connectivity index (χ1v) is 9.28. The number of fused-ring (bicyclic) bond motifs is 1. The number of methoxy groups -OCH3 is 1. The molecule has 8 heteroatoms. The number of benzene rings is 2. The minimum Gasteiger partial charge on any atom is -0.511 e. The van der Waals surface area contributed by atoms with Crippen molar-refractivity contribution in [3.8, 4) is 11.4 Å². The minimum atomic E-state index is -1.00. The van der Waals surface area contributed by atoms with Crippen LogP contribution in [-0.4, -0.2) is 33.3 Å². The molecule has 0 saturated carbocycles. The molecular formula is C22H17FN2O5. The van der Waals surface area contributed by atoms with Crippen LogP contribution < -0.4 is 10.3 Å². The molecule has 0 aliphatic heterocycles. The van der Waals surface area contributed by atoms with Crippen LogP contribution in [0.2, 0.25) is 0 Å². The molecular weight excluding hydrogens is 391 g/mol. The SMILES string of the molecule is COc1ccc(-n2c(=O)c(C(=O)C3=C(O)CCCC3=O)nc3c(F)cccc32)cc1. The number of ketones is 2. The Bertz CT molecular complexity index is 1280. The van der Waals surface area contributed by atoms with Gasteiger partial charge < -0.3 is 9.84 Å². The number of aliphatic hydroxyl groups excluding tert-OH is 1. The fourth-order valence-electron chi connectivity index (χ4n) is 3.51. The second-order valence-electron chi connectivity index (χ2n) is 6.83. The number of carbonyl (C=O) groups excluding carboxylic acids is 2. The van der Waals surface area contributed by atoms with E-state index in [0.29, 0.717) is 17.9 Å². The molecule has 1 heterocycles. The van der Waals surface area contributed by atoms with Gasteiger partial charge in [-0.3, -0.25) is 19.0 Å². The fraction of sp³-hybridized carbons (Fsp3) is 0.182. The number of nitrogens with zero attached hydrogens (tertiary/aromatic N) is 2. The van der Waals surface area contributed by atoms with Gasteiger partial charge in [0.25, 0.3) is 5.56 Å². The van der Waals surface area contributed by atoms with Gasteiger partial charge in [-0.2, -0.15) is 0 Å². The molecule has 1 N–H and O–H groups in total. The van der Waals surface area contributed by atoms with Gasteiger partial charge in [-0.1, -0.05) is 6.07 Å². The second-order valence-corrected chi connectivity index (χ2v) is 6.83. The number of hydrogen-bond donors (Lipinski definition) is 1. The van der Waals surface area contributed by atoms with Crippen LogP contribution in [0.15, 0.2) is 58.6 Å². The quantitative estimate of drug-likeness (QED) is 0.526. The number of rotatable bonds is 4. The summed E-state index contributed by atoms with van der Waals surface area (Å²) in [4.78, 5) is 42.5. The van der Waals surface area contributed by atoms with Gasteiger partial charge in [0.05, 0.1) is 12.6 Å². The standard InChI is InChI=1S/C22H17FN2O5/c1-30-13-10-8-12(9-11-13)25-15-5-2-4-14(23)19(15)24-20(22(25)29)21(28)18-16(26)6-3-7-17(18)27/h2,4-5,8-11,26H,3,6-7H2,1H3. The van der Waals surface area contributed by atoms with Crippen LogP contribution in [0.4, 0.5) is 4.39 Å². The highest BCUT2D eigenvalue weighted by atomic mass is 19.1. The zero-order valence-corrected chi connectivity index (χ0v) is 16.0. The van der Waals surface area contributed by atoms with Crippen molar-refractivity contribution in [3.63, 3.8) is 0 Å². The van der Waals surface area contributed by atoms with E-state index in [2.05, 4.69) is 4.98 Å². The summed E-state index contributed by atoms with van der Waals surface area (Å²) in [5.41, 5.74) is -1.57. The van der Waals surface area contributed by atoms with Crippen molar-refractivity contribution in [1.29, 1.82) is 0 Å². The number of allylic oxidation sites excluding steroid dienone is 2. The van der Waals surface area contributed by atoms with Crippen LogP contribution in [0, 0.1) is 5.82 Å². The lowest BCUT2D eigenvalue weighted by molar-refractivity contribution is -0.116. The van der Waals surface area contributed by atoms with Gasteiger partial charge in [0.15, 0.2) is 17.3 Å². The Hall–Kier alpha value is -3.81. The fourth-order valence-corrected chi connectivity index (χ4v) is 3.51. The molecule has 3 aromatic rings. The summed E-state index contributed by atoms with van der Waals surface area (Å²) in [5.74, 6) is -2.11. The molecule has 0 saturated heterocycles. The van der Waals surface area contributed by atoms with Crippen molar-refractivity contribution in [2.75, 3.05) is 7.11 Å². The Labute approximate surface area is 170 Å². The molecule has 1 aliphatic carbocycles. The summed E-state index contributed by atoms with van der Waals surface area (Å²) in [7, 11) is 1.50. The number of aliphatic hydroxyl groups is 1. The van der Waals surface area contributed by atoms with E-state index in [1.54, 1.807) is 24.3 Å². The van der Waals surface area contributed by atoms with Gasteiger partial charge in [-0.15, -0.1) is 0 Å². The summed E-state index contributed by atoms with van der Waals surface area (Å²) in [5, 5.41) is 10.1. The molecule has 0 amide bonds. The molecule has 0 atom stereocenters. The molecule has 0 bridgehead atoms. The molecule has 0 fully saturated rings. The first kappa shape index (κ1) is 19.5. The first-order valence-electron chi connectivity index (χ1n) is 9.28. The monoisotopic (exact) mass is 408 g/mol. The molecule has 30 heavy (non-hydrogen) atoms. The molecule has 4 rings (SSSR count). The Morgan fingerprint density at radius 2 is 1.87 bits per heavy atom. The minimum absolute atomic E-state index is 0.0831. The normalized spacial score (nSPS) is 14.3. The first-order chi connectivity index (χ1) is 14.4. The van der Waals surface area contributed by atoms with Crippen molar-refractivity contribution in [2.45, 2.75) is 19.3 Å². The number of ether oxygens (including phenoxy) is 1. The Morgan fingerprint density at radius 1 is 1.13 bits per heavy atom. The number of aromatic nitrogens is 2. The molecule has 0 radical (unpaired) electrons. The van der Waals surface area contributed by atoms with Gasteiger partial charge in [-0.25, -0.2) is 9.37 Å². The van der Waals surface area contributed by atoms with E-state index in [0.717, 1.165) is 10.6 Å². The molecule has 7 nitrogen and oxygen atoms in total. The molecule has 152 valence electrons. The molecule has 2 aromatic carbocycles. The van der Waals surface area contributed by atoms with E-state index in [1.165, 1.54) is 19.2 Å². The van der Waals surface area contributed by atoms with Gasteiger partial charge >= 0.3 is 0 Å². The Morgan fingerprint density at radius 3 is 2.53 bits per heavy atom. The van der Waals surface area contributed by atoms with Crippen LogP contribution in [-0.2, 0) is 4.79 Å². The summed E-state index contributed by atoms with van der Waals surface area (Å²) in [6.07, 6.45) is 0.651. The largest absolute Gasteiger partial charge is 0.511 e. The van der Waals surface area contributed by atoms with Crippen molar-refractivity contribution >= 4 is 22.6 Å². The van der Waals surface area contributed by atoms with Crippen LogP contribution in [0.3, 0.4) is 0 Å². The van der Waals surface area contributed by atoms with Crippen molar-refractivity contribution in [1.82, 2.24) is 9.55 Å². The Kier molecular flexibility index (Phi) is 4.91. The maximum atomic E-state index is 14.5. The van der Waals surface area contributed by atoms with E-state index in [4.69, 9.17) is 4.74 Å². The number of carbonyl (C=O) groups is 2. The third kappa shape index (κ3) is 3.16. The maximum Gasteiger partial charge on any atom is 0.285 e. The predicted molar refractivity (Wildman–Crippen MR) is 107 cm³/mol. The summed E-state index contributed by atoms with van der Waals surface area (Å²) in [6.45, 7) is 0. The lowest BCUT2D eigenvalue weighted by Gasteiger charge is -2.16. The summed E-state index contributed by atoms with van der Waals surface area (Å²) in [6, 6.07) is 10.5. The van der Waals surface area contributed by atoms with Crippen LogP contribution >= 0.6 is 0 Å². The zero-order valence-electron chi connectivity index (χ0n) is 16.0. The third-order valence-electron chi connectivity index (χ3n) is 4.99. The lowest BCUT2D eigenvalue weighted by Crippen LogP contribution is -2.31. The lowest BCUT2D eigenvalue weighted by atomic mass is 9.92. The highest BCUT2D eigenvalue weighted by molar-refractivity contribution is 6.26. The van der Waals surface area contributed by atoms with Crippen LogP contribution in [0.1, 0.15) is 29.8 Å². The third-order valence-corrected chi connectivity index (χ3v) is 4.99. The second kappa shape index (κ2) is 7.55. The van der Waals surface area contributed by atoms with Crippen molar-refractivity contribution in [2.24, 2.45) is 0 Å². The topological polar surface area (TPSA) is 98.5 Å². The smallest absolute Gasteiger partial charge is 0.285 e. The average Bonchev–Trinajstić information content (AvgIpc) is 2.73. The number of halogens is 1. The number of Topliss-reactive ketones (excluding diaryl/α,β-unsaturated/α-hetero) is 2. The van der Waals surface area contributed by atoms with Crippen LogP contribution in [0.5, 0.6) is 5.75 Å². The van der Waals surface area contributed by atoms with Crippen LogP contribution in [0.25, 0.3) is 16.7 Å². The van der Waals surface area contributed by atoms with E-state index in [-0.39, 0.29) is 29.6 Å². The highest BCUT2D eigenvalue weighted by Gasteiger charge is 2.31. The van der Waals surface area contributed by atoms with E-state index in [1.807, 2.05) is 0 Å². The molecule has 1 aromatic heterocycles. The number of hydrogen-bond acceptors (Lipinski definition) is 6. The van der Waals surface area contributed by atoms with Crippen molar-refractivity contribution in [3.05, 3.63) is 75.7 Å². The predicted octanol–water partition coefficient (Wildman–Crippen LogP) is 3.28. The van der Waals surface area contributed by atoms with Gasteiger partial charge in [0, 0.05) is 18.5 Å². The average molecular weight is 408 g/mol. The molecule has 0 unspecified atom stereocenters. The van der Waals surface area contributed by atoms with Crippen molar-refractivity contribution < 1.29 is 23.8 Å². The summed E-state index contributed by atoms with van der Waals surface area (Å²) < 4.78 is 20.8. The number of para-hydroxylation sites is 1. The maximum absolute atomic E-state index is 14.5. The molecule has 1 aliphatic rings. The zero-order chi connectivity index (χ0) is 21.4.